The van der Waals surface area contributed by atoms with Crippen LogP contribution >= 0.6 is 0 Å². The normalized spacial score (nSPS) is 25.9. The van der Waals surface area contributed by atoms with E-state index in [2.05, 4.69) is 49.5 Å². The Morgan fingerprint density at radius 1 is 1.05 bits per heavy atom. The summed E-state index contributed by atoms with van der Waals surface area (Å²) in [5.74, 6) is 1.89. The van der Waals surface area contributed by atoms with Crippen LogP contribution in [-0.4, -0.2) is 12.6 Å². The highest BCUT2D eigenvalue weighted by Gasteiger charge is 2.28. The molecule has 21 heavy (non-hydrogen) atoms. The number of benzene rings is 1. The standard InChI is InChI=1S/C20H33N/c1-3-9-18-14-15-20(21-4-2)19(16-18)13-8-12-17-10-6-5-7-11-17/h5-7,10-11,18-21H,3-4,8-9,12-16H2,1-2H3. The molecule has 1 aromatic rings. The Morgan fingerprint density at radius 3 is 2.57 bits per heavy atom. The van der Waals surface area contributed by atoms with Crippen LogP contribution in [0.1, 0.15) is 64.4 Å². The third-order valence-corrected chi connectivity index (χ3v) is 5.14. The summed E-state index contributed by atoms with van der Waals surface area (Å²) in [4.78, 5) is 0. The molecule has 0 amide bonds. The Labute approximate surface area is 131 Å². The highest BCUT2D eigenvalue weighted by atomic mass is 14.9. The molecule has 0 radical (unpaired) electrons. The molecule has 0 aromatic heterocycles. The summed E-state index contributed by atoms with van der Waals surface area (Å²) in [6.07, 6.45) is 11.1. The van der Waals surface area contributed by atoms with Crippen molar-refractivity contribution in [1.82, 2.24) is 5.32 Å². The maximum Gasteiger partial charge on any atom is 0.00954 e. The van der Waals surface area contributed by atoms with Crippen molar-refractivity contribution in [3.8, 4) is 0 Å². The van der Waals surface area contributed by atoms with Gasteiger partial charge >= 0.3 is 0 Å². The average molecular weight is 287 g/mol. The Kier molecular flexibility index (Phi) is 7.29. The van der Waals surface area contributed by atoms with Gasteiger partial charge in [-0.05, 0) is 62.5 Å². The fraction of sp³-hybridized carbons (Fsp3) is 0.700. The van der Waals surface area contributed by atoms with Crippen molar-refractivity contribution in [2.45, 2.75) is 71.3 Å². The lowest BCUT2D eigenvalue weighted by Crippen LogP contribution is -2.40. The molecular weight excluding hydrogens is 254 g/mol. The highest BCUT2D eigenvalue weighted by molar-refractivity contribution is 5.14. The van der Waals surface area contributed by atoms with E-state index >= 15 is 0 Å². The lowest BCUT2D eigenvalue weighted by Gasteiger charge is -2.37. The molecule has 1 nitrogen and oxygen atoms in total. The van der Waals surface area contributed by atoms with Crippen molar-refractivity contribution in [1.29, 1.82) is 0 Å². The zero-order valence-electron chi connectivity index (χ0n) is 14.0. The zero-order chi connectivity index (χ0) is 14.9. The maximum atomic E-state index is 3.75. The molecule has 1 fully saturated rings. The average Bonchev–Trinajstić information content (AvgIpc) is 2.51. The molecule has 3 unspecified atom stereocenters. The van der Waals surface area contributed by atoms with E-state index in [-0.39, 0.29) is 0 Å². The molecule has 0 bridgehead atoms. The SMILES string of the molecule is CCCC1CCC(NCC)C(CCCc2ccccc2)C1. The first-order valence-electron chi connectivity index (χ1n) is 9.10. The van der Waals surface area contributed by atoms with Crippen molar-refractivity contribution in [2.75, 3.05) is 6.54 Å². The molecule has 0 heterocycles. The first-order valence-corrected chi connectivity index (χ1v) is 9.10. The van der Waals surface area contributed by atoms with Gasteiger partial charge in [0.1, 0.15) is 0 Å². The van der Waals surface area contributed by atoms with E-state index < -0.39 is 0 Å². The fourth-order valence-corrected chi connectivity index (χ4v) is 4.09. The van der Waals surface area contributed by atoms with Gasteiger partial charge in [0, 0.05) is 6.04 Å². The molecule has 1 heteroatoms. The van der Waals surface area contributed by atoms with Gasteiger partial charge in [-0.15, -0.1) is 0 Å². The topological polar surface area (TPSA) is 12.0 Å². The molecule has 1 N–H and O–H groups in total. The number of nitrogens with one attached hydrogen (secondary N) is 1. The van der Waals surface area contributed by atoms with E-state index in [9.17, 15) is 0 Å². The van der Waals surface area contributed by atoms with Gasteiger partial charge in [0.25, 0.3) is 0 Å². The van der Waals surface area contributed by atoms with E-state index in [0.29, 0.717) is 0 Å². The number of hydrogen-bond donors (Lipinski definition) is 1. The van der Waals surface area contributed by atoms with Crippen LogP contribution in [0.25, 0.3) is 0 Å². The Hall–Kier alpha value is -0.820. The van der Waals surface area contributed by atoms with Gasteiger partial charge in [-0.2, -0.15) is 0 Å². The lowest BCUT2D eigenvalue weighted by molar-refractivity contribution is 0.185. The van der Waals surface area contributed by atoms with Gasteiger partial charge in [-0.3, -0.25) is 0 Å². The van der Waals surface area contributed by atoms with Crippen LogP contribution in [0.2, 0.25) is 0 Å². The quantitative estimate of drug-likeness (QED) is 0.692. The first-order chi connectivity index (χ1) is 10.3. The Morgan fingerprint density at radius 2 is 1.86 bits per heavy atom. The molecule has 1 aliphatic carbocycles. The third-order valence-electron chi connectivity index (χ3n) is 5.14. The van der Waals surface area contributed by atoms with Crippen LogP contribution in [-0.2, 0) is 6.42 Å². The van der Waals surface area contributed by atoms with E-state index in [1.165, 1.54) is 56.9 Å². The fourth-order valence-electron chi connectivity index (χ4n) is 4.09. The highest BCUT2D eigenvalue weighted by Crippen LogP contribution is 2.35. The Balaban J connectivity index is 1.81. The predicted octanol–water partition coefficient (Wildman–Crippen LogP) is 5.20. The molecule has 1 aliphatic rings. The second-order valence-electron chi connectivity index (χ2n) is 6.77. The second kappa shape index (κ2) is 9.25. The van der Waals surface area contributed by atoms with Gasteiger partial charge in [0.2, 0.25) is 0 Å². The third kappa shape index (κ3) is 5.47. The van der Waals surface area contributed by atoms with E-state index in [1.807, 2.05) is 0 Å². The summed E-state index contributed by atoms with van der Waals surface area (Å²) in [7, 11) is 0. The van der Waals surface area contributed by atoms with Gasteiger partial charge < -0.3 is 5.32 Å². The van der Waals surface area contributed by atoms with Crippen molar-refractivity contribution >= 4 is 0 Å². The molecule has 3 atom stereocenters. The molecular formula is C20H33N. The summed E-state index contributed by atoms with van der Waals surface area (Å²) >= 11 is 0. The molecule has 2 rings (SSSR count). The van der Waals surface area contributed by atoms with Crippen molar-refractivity contribution in [3.63, 3.8) is 0 Å². The predicted molar refractivity (Wildman–Crippen MR) is 92.6 cm³/mol. The van der Waals surface area contributed by atoms with Crippen LogP contribution < -0.4 is 5.32 Å². The minimum Gasteiger partial charge on any atom is -0.314 e. The monoisotopic (exact) mass is 287 g/mol. The van der Waals surface area contributed by atoms with Gasteiger partial charge in [-0.25, -0.2) is 0 Å². The van der Waals surface area contributed by atoms with Crippen LogP contribution in [0.3, 0.4) is 0 Å². The summed E-state index contributed by atoms with van der Waals surface area (Å²) in [6.45, 7) is 5.71. The van der Waals surface area contributed by atoms with Gasteiger partial charge in [0.15, 0.2) is 0 Å². The van der Waals surface area contributed by atoms with Crippen molar-refractivity contribution < 1.29 is 0 Å². The van der Waals surface area contributed by atoms with Crippen LogP contribution in [0.15, 0.2) is 30.3 Å². The van der Waals surface area contributed by atoms with Crippen LogP contribution in [0.5, 0.6) is 0 Å². The molecule has 118 valence electrons. The molecule has 1 saturated carbocycles. The van der Waals surface area contributed by atoms with Gasteiger partial charge in [-0.1, -0.05) is 57.0 Å². The number of hydrogen-bond acceptors (Lipinski definition) is 1. The largest absolute Gasteiger partial charge is 0.314 e. The molecule has 0 saturated heterocycles. The van der Waals surface area contributed by atoms with E-state index in [1.54, 1.807) is 0 Å². The van der Waals surface area contributed by atoms with E-state index in [4.69, 9.17) is 0 Å². The molecule has 1 aromatic carbocycles. The summed E-state index contributed by atoms with van der Waals surface area (Å²) < 4.78 is 0. The van der Waals surface area contributed by atoms with Crippen molar-refractivity contribution in [2.24, 2.45) is 11.8 Å². The second-order valence-corrected chi connectivity index (χ2v) is 6.77. The van der Waals surface area contributed by atoms with Crippen LogP contribution in [0, 0.1) is 11.8 Å². The van der Waals surface area contributed by atoms with Crippen LogP contribution in [0.4, 0.5) is 0 Å². The number of aryl methyl sites for hydroxylation is 1. The minimum absolute atomic E-state index is 0.777. The zero-order valence-corrected chi connectivity index (χ0v) is 14.0. The minimum atomic E-state index is 0.777. The van der Waals surface area contributed by atoms with E-state index in [0.717, 1.165) is 24.4 Å². The summed E-state index contributed by atoms with van der Waals surface area (Å²) in [5.41, 5.74) is 1.50. The smallest absolute Gasteiger partial charge is 0.00954 e. The summed E-state index contributed by atoms with van der Waals surface area (Å²) in [5, 5.41) is 3.75. The maximum absolute atomic E-state index is 3.75. The van der Waals surface area contributed by atoms with Crippen molar-refractivity contribution in [3.05, 3.63) is 35.9 Å². The lowest BCUT2D eigenvalue weighted by atomic mass is 9.74. The molecule has 0 aliphatic heterocycles. The molecule has 0 spiro atoms. The Bertz CT molecular complexity index is 373. The summed E-state index contributed by atoms with van der Waals surface area (Å²) in [6, 6.07) is 11.7. The first kappa shape index (κ1) is 16.5. The van der Waals surface area contributed by atoms with Gasteiger partial charge in [0.05, 0.1) is 0 Å². The number of rotatable bonds is 8.